The second kappa shape index (κ2) is 9.18. The third-order valence-electron chi connectivity index (χ3n) is 6.63. The summed E-state index contributed by atoms with van der Waals surface area (Å²) in [6.07, 6.45) is 3.46. The van der Waals surface area contributed by atoms with Crippen LogP contribution in [0.2, 0.25) is 0 Å². The molecule has 1 atom stereocenters. The third-order valence-corrected chi connectivity index (χ3v) is 8.60. The maximum Gasteiger partial charge on any atom is 0.271 e. The number of phenols is 1. The molecule has 0 amide bonds. The maximum atomic E-state index is 13.9. The topological polar surface area (TPSA) is 63.8 Å². The second-order valence-corrected chi connectivity index (χ2v) is 11.6. The zero-order valence-electron chi connectivity index (χ0n) is 19.2. The normalized spacial score (nSPS) is 16.8. The number of allylic oxidation sites excluding steroid dienone is 1. The summed E-state index contributed by atoms with van der Waals surface area (Å²) >= 11 is 8.33. The van der Waals surface area contributed by atoms with Crippen molar-refractivity contribution >= 4 is 55.0 Å². The molecule has 2 heterocycles. The van der Waals surface area contributed by atoms with Gasteiger partial charge in [-0.15, -0.1) is 0 Å². The lowest BCUT2D eigenvalue weighted by Gasteiger charge is -2.30. The van der Waals surface area contributed by atoms with E-state index in [0.29, 0.717) is 20.6 Å². The van der Waals surface area contributed by atoms with Crippen molar-refractivity contribution in [1.82, 2.24) is 4.57 Å². The van der Waals surface area contributed by atoms with Crippen molar-refractivity contribution in [3.63, 3.8) is 0 Å². The van der Waals surface area contributed by atoms with E-state index >= 15 is 0 Å². The molecule has 0 saturated carbocycles. The van der Waals surface area contributed by atoms with Crippen LogP contribution in [0.25, 0.3) is 11.8 Å². The predicted octanol–water partition coefficient (Wildman–Crippen LogP) is 5.56. The number of methoxy groups -OCH3 is 1. The highest BCUT2D eigenvalue weighted by Gasteiger charge is 2.32. The zero-order valence-corrected chi connectivity index (χ0v) is 23.2. The second-order valence-electron chi connectivity index (χ2n) is 8.71. The fraction of sp³-hybridized carbons (Fsp3) is 0.143. The summed E-state index contributed by atoms with van der Waals surface area (Å²) in [5, 5.41) is 10.7. The van der Waals surface area contributed by atoms with E-state index in [0.717, 1.165) is 44.2 Å². The van der Waals surface area contributed by atoms with E-state index in [4.69, 9.17) is 9.73 Å². The summed E-state index contributed by atoms with van der Waals surface area (Å²) < 4.78 is 9.33. The van der Waals surface area contributed by atoms with Crippen LogP contribution in [0.15, 0.2) is 85.0 Å². The molecule has 1 aliphatic carbocycles. The van der Waals surface area contributed by atoms with Crippen LogP contribution >= 0.6 is 43.2 Å². The number of aromatic nitrogens is 1. The number of hydrogen-bond acceptors (Lipinski definition) is 5. The first-order chi connectivity index (χ1) is 17.4. The van der Waals surface area contributed by atoms with Gasteiger partial charge in [0.25, 0.3) is 5.56 Å². The summed E-state index contributed by atoms with van der Waals surface area (Å²) in [6.45, 7) is 0. The number of nitrogens with zero attached hydrogens (tertiary/aromatic N) is 2. The Bertz CT molecular complexity index is 1740. The summed E-state index contributed by atoms with van der Waals surface area (Å²) in [4.78, 5) is 19.5. The highest BCUT2D eigenvalue weighted by molar-refractivity contribution is 9.10. The summed E-state index contributed by atoms with van der Waals surface area (Å²) in [7, 11) is 1.50. The Morgan fingerprint density at radius 2 is 1.86 bits per heavy atom. The Morgan fingerprint density at radius 3 is 2.64 bits per heavy atom. The number of rotatable bonds is 3. The smallest absolute Gasteiger partial charge is 0.271 e. The number of aryl methyl sites for hydroxylation is 1. The van der Waals surface area contributed by atoms with Crippen molar-refractivity contribution in [2.45, 2.75) is 18.9 Å². The van der Waals surface area contributed by atoms with Crippen LogP contribution in [-0.4, -0.2) is 16.8 Å². The van der Waals surface area contributed by atoms with Gasteiger partial charge in [-0.25, -0.2) is 4.99 Å². The molecule has 36 heavy (non-hydrogen) atoms. The minimum atomic E-state index is -0.245. The lowest BCUT2D eigenvalue weighted by atomic mass is 9.83. The first kappa shape index (κ1) is 23.5. The minimum Gasteiger partial charge on any atom is -0.504 e. The zero-order chi connectivity index (χ0) is 25.0. The third kappa shape index (κ3) is 3.88. The Labute approximate surface area is 228 Å². The van der Waals surface area contributed by atoms with Gasteiger partial charge in [-0.05, 0) is 59.9 Å². The lowest BCUT2D eigenvalue weighted by Crippen LogP contribution is -2.38. The summed E-state index contributed by atoms with van der Waals surface area (Å²) in [5.74, 6) is 0.326. The number of ether oxygens (including phenoxy) is 1. The van der Waals surface area contributed by atoms with E-state index in [9.17, 15) is 9.90 Å². The van der Waals surface area contributed by atoms with Crippen molar-refractivity contribution in [3.8, 4) is 11.5 Å². The van der Waals surface area contributed by atoms with E-state index in [1.807, 2.05) is 18.2 Å². The molecule has 180 valence electrons. The summed E-state index contributed by atoms with van der Waals surface area (Å²) in [5.41, 5.74) is 5.94. The van der Waals surface area contributed by atoms with E-state index in [2.05, 4.69) is 62.2 Å². The number of aromatic hydroxyl groups is 1. The Balaban J connectivity index is 1.62. The van der Waals surface area contributed by atoms with Gasteiger partial charge in [-0.1, -0.05) is 79.6 Å². The highest BCUT2D eigenvalue weighted by atomic mass is 79.9. The van der Waals surface area contributed by atoms with Crippen LogP contribution in [0.3, 0.4) is 0 Å². The standard InChI is InChI=1S/C28H20Br2N2O3S/c1-35-22-14-19(30)12-17(26(22)33)13-23-27(34)32-25(16-6-9-18(29)10-7-16)21-11-8-15-4-2-3-5-20(15)24(21)31-28(32)36-23/h2-7,9-10,12-14,25,33H,8,11H2,1H3/b23-13-/t25-/m1/s1. The number of hydrogen-bond donors (Lipinski definition) is 1. The van der Waals surface area contributed by atoms with Crippen molar-refractivity contribution in [1.29, 1.82) is 0 Å². The fourth-order valence-corrected chi connectivity index (χ4v) is 6.68. The van der Waals surface area contributed by atoms with Crippen LogP contribution in [-0.2, 0) is 6.42 Å². The van der Waals surface area contributed by atoms with Crippen molar-refractivity contribution in [3.05, 3.63) is 117 Å². The SMILES string of the molecule is COc1cc(Br)cc(/C=c2\sc3n(c2=O)[C@H](c2ccc(Br)cc2)C2=C(N=3)c3ccccc3CC2)c1O. The van der Waals surface area contributed by atoms with E-state index in [-0.39, 0.29) is 17.4 Å². The first-order valence-electron chi connectivity index (χ1n) is 11.4. The van der Waals surface area contributed by atoms with Gasteiger partial charge >= 0.3 is 0 Å². The van der Waals surface area contributed by atoms with Gasteiger partial charge in [0.05, 0.1) is 23.4 Å². The highest BCUT2D eigenvalue weighted by Crippen LogP contribution is 2.41. The fourth-order valence-electron chi connectivity index (χ4n) is 4.97. The molecule has 0 bridgehead atoms. The molecule has 1 aromatic heterocycles. The minimum absolute atomic E-state index is 0.00998. The van der Waals surface area contributed by atoms with Crippen molar-refractivity contribution < 1.29 is 9.84 Å². The van der Waals surface area contributed by atoms with Crippen molar-refractivity contribution in [2.75, 3.05) is 7.11 Å². The van der Waals surface area contributed by atoms with Gasteiger partial charge in [0.2, 0.25) is 0 Å². The molecule has 6 rings (SSSR count). The van der Waals surface area contributed by atoms with E-state index in [1.165, 1.54) is 24.0 Å². The van der Waals surface area contributed by atoms with Crippen LogP contribution in [0.4, 0.5) is 0 Å². The largest absolute Gasteiger partial charge is 0.504 e. The van der Waals surface area contributed by atoms with E-state index < -0.39 is 0 Å². The van der Waals surface area contributed by atoms with Crippen LogP contribution in [0.5, 0.6) is 11.5 Å². The van der Waals surface area contributed by atoms with Crippen LogP contribution in [0.1, 0.15) is 34.7 Å². The molecule has 0 radical (unpaired) electrons. The van der Waals surface area contributed by atoms with Gasteiger partial charge in [0, 0.05) is 20.1 Å². The van der Waals surface area contributed by atoms with Gasteiger partial charge in [-0.2, -0.15) is 0 Å². The molecule has 1 N–H and O–H groups in total. The molecule has 1 aliphatic heterocycles. The molecular weight excluding hydrogens is 604 g/mol. The number of benzene rings is 3. The molecule has 0 unspecified atom stereocenters. The number of fused-ring (bicyclic) bond motifs is 3. The molecule has 4 aromatic rings. The number of phenolic OH excluding ortho intramolecular Hbond substituents is 1. The molecule has 0 saturated heterocycles. The maximum absolute atomic E-state index is 13.9. The molecule has 5 nitrogen and oxygen atoms in total. The molecule has 8 heteroatoms. The van der Waals surface area contributed by atoms with Gasteiger partial charge in [0.15, 0.2) is 16.3 Å². The molecular formula is C28H20Br2N2O3S. The number of halogens is 2. The lowest BCUT2D eigenvalue weighted by molar-refractivity contribution is 0.372. The average molecular weight is 624 g/mol. The number of thiazole rings is 1. The van der Waals surface area contributed by atoms with Gasteiger partial charge in [0.1, 0.15) is 0 Å². The van der Waals surface area contributed by atoms with Crippen LogP contribution in [0, 0.1) is 0 Å². The predicted molar refractivity (Wildman–Crippen MR) is 149 cm³/mol. The van der Waals surface area contributed by atoms with Crippen molar-refractivity contribution in [2.24, 2.45) is 4.99 Å². The Kier molecular flexibility index (Phi) is 5.98. The van der Waals surface area contributed by atoms with Gasteiger partial charge < -0.3 is 9.84 Å². The first-order valence-corrected chi connectivity index (χ1v) is 13.8. The van der Waals surface area contributed by atoms with Crippen LogP contribution < -0.4 is 19.6 Å². The van der Waals surface area contributed by atoms with E-state index in [1.54, 1.807) is 22.8 Å². The summed E-state index contributed by atoms with van der Waals surface area (Å²) in [6, 6.07) is 19.7. The molecule has 0 spiro atoms. The quantitative estimate of drug-likeness (QED) is 0.325. The molecule has 3 aromatic carbocycles. The average Bonchev–Trinajstić information content (AvgIpc) is 3.19. The molecule has 0 fully saturated rings. The molecule has 2 aliphatic rings. The Hall–Kier alpha value is -2.94. The Morgan fingerprint density at radius 1 is 1.08 bits per heavy atom. The van der Waals surface area contributed by atoms with Gasteiger partial charge in [-0.3, -0.25) is 9.36 Å². The monoisotopic (exact) mass is 622 g/mol.